The number of carboxylic acid groups (broad SMARTS) is 1. The van der Waals surface area contributed by atoms with Crippen LogP contribution in [0.3, 0.4) is 0 Å². The van der Waals surface area contributed by atoms with Crippen molar-refractivity contribution < 1.29 is 28.9 Å². The van der Waals surface area contributed by atoms with Crippen molar-refractivity contribution >= 4 is 17.6 Å². The highest BCUT2D eigenvalue weighted by Gasteiger charge is 2.57. The van der Waals surface area contributed by atoms with Crippen LogP contribution < -0.4 is 18.7 Å². The summed E-state index contributed by atoms with van der Waals surface area (Å²) in [7, 11) is 4.71. The average Bonchev–Trinajstić information content (AvgIpc) is 2.87. The van der Waals surface area contributed by atoms with E-state index in [0.717, 1.165) is 17.7 Å². The number of rotatable bonds is 9. The molecule has 1 amide bonds. The Kier molecular flexibility index (Phi) is 8.90. The molecule has 7 nitrogen and oxygen atoms in total. The molecule has 0 bridgehead atoms. The molecule has 2 aromatic carbocycles. The molecular formula is C30H42NO6+. The van der Waals surface area contributed by atoms with Crippen molar-refractivity contribution in [2.75, 3.05) is 27.9 Å². The Morgan fingerprint density at radius 1 is 1.03 bits per heavy atom. The van der Waals surface area contributed by atoms with Gasteiger partial charge in [-0.2, -0.15) is 0 Å². The summed E-state index contributed by atoms with van der Waals surface area (Å²) in [6, 6.07) is 12.4. The molecule has 2 aromatic rings. The van der Waals surface area contributed by atoms with Gasteiger partial charge in [0, 0.05) is 5.92 Å². The molecule has 1 heterocycles. The third kappa shape index (κ3) is 5.61. The van der Waals surface area contributed by atoms with E-state index in [4.69, 9.17) is 14.2 Å². The number of benzene rings is 2. The molecule has 37 heavy (non-hydrogen) atoms. The summed E-state index contributed by atoms with van der Waals surface area (Å²) in [4.78, 5) is 27.4. The molecule has 0 spiro atoms. The minimum Gasteiger partial charge on any atom is -0.493 e. The summed E-state index contributed by atoms with van der Waals surface area (Å²) in [6.45, 7) is 8.60. The lowest BCUT2D eigenvalue weighted by molar-refractivity contribution is -0.155. The lowest BCUT2D eigenvalue weighted by Crippen LogP contribution is -2.69. The van der Waals surface area contributed by atoms with Crippen LogP contribution >= 0.6 is 0 Å². The van der Waals surface area contributed by atoms with E-state index in [9.17, 15) is 14.7 Å². The number of ether oxygens (including phenoxy) is 3. The van der Waals surface area contributed by atoms with Crippen LogP contribution in [0.5, 0.6) is 17.2 Å². The Balaban J connectivity index is 2.21. The Labute approximate surface area is 220 Å². The number of carbonyl (C=O) groups excluding carboxylic acids is 1. The first-order valence-corrected chi connectivity index (χ1v) is 13.0. The average molecular weight is 513 g/mol. The van der Waals surface area contributed by atoms with Crippen LogP contribution in [0.2, 0.25) is 0 Å². The van der Waals surface area contributed by atoms with Gasteiger partial charge < -0.3 is 19.3 Å². The van der Waals surface area contributed by atoms with Crippen molar-refractivity contribution in [1.29, 1.82) is 0 Å². The summed E-state index contributed by atoms with van der Waals surface area (Å²) in [5, 5.41) is 10.8. The van der Waals surface area contributed by atoms with Gasteiger partial charge in [0.15, 0.2) is 11.5 Å². The van der Waals surface area contributed by atoms with Crippen LogP contribution in [0.15, 0.2) is 42.5 Å². The number of piperidine rings is 1. The number of likely N-dealkylation sites (tertiary alicyclic amines) is 1. The molecule has 7 heteroatoms. The van der Waals surface area contributed by atoms with Gasteiger partial charge in [-0.1, -0.05) is 45.9 Å². The molecule has 0 aromatic heterocycles. The smallest absolute Gasteiger partial charge is 0.363 e. The molecule has 1 aliphatic heterocycles. The third-order valence-electron chi connectivity index (χ3n) is 7.60. The number of hydrogen-bond donors (Lipinski definition) is 1. The van der Waals surface area contributed by atoms with Crippen LogP contribution in [0.1, 0.15) is 64.9 Å². The number of amides is 1. The van der Waals surface area contributed by atoms with E-state index in [1.54, 1.807) is 21.3 Å². The van der Waals surface area contributed by atoms with E-state index in [1.165, 1.54) is 0 Å². The minimum absolute atomic E-state index is 0.0458. The van der Waals surface area contributed by atoms with Gasteiger partial charge in [0.2, 0.25) is 11.8 Å². The molecule has 4 unspecified atom stereocenters. The summed E-state index contributed by atoms with van der Waals surface area (Å²) in [5.41, 5.74) is 1.40. The maximum Gasteiger partial charge on any atom is 0.363 e. The first kappa shape index (κ1) is 28.5. The first-order valence-electron chi connectivity index (χ1n) is 13.0. The second kappa shape index (κ2) is 11.5. The number of nitrogens with zero attached hydrogens (tertiary/aromatic N) is 1. The zero-order valence-corrected chi connectivity index (χ0v) is 23.2. The van der Waals surface area contributed by atoms with Crippen LogP contribution in [0.4, 0.5) is 5.69 Å². The fourth-order valence-electron chi connectivity index (χ4n) is 6.10. The van der Waals surface area contributed by atoms with E-state index in [1.807, 2.05) is 63.2 Å². The molecule has 202 valence electrons. The lowest BCUT2D eigenvalue weighted by atomic mass is 9.72. The molecule has 1 fully saturated rings. The van der Waals surface area contributed by atoms with Gasteiger partial charge in [0.25, 0.3) is 0 Å². The van der Waals surface area contributed by atoms with E-state index < -0.39 is 12.0 Å². The SMILES string of the molecule is CCC(c1cc(OC)c(OC)c(OC)c1)C1CCC[N+](C(=O)CC(C)(C)C)(c2ccccc2)C1C(=O)O. The van der Waals surface area contributed by atoms with Gasteiger partial charge in [-0.05, 0) is 60.4 Å². The second-order valence-electron chi connectivity index (χ2n) is 11.1. The molecular weight excluding hydrogens is 470 g/mol. The van der Waals surface area contributed by atoms with Gasteiger partial charge in [-0.15, -0.1) is 0 Å². The number of aliphatic carboxylic acids is 1. The van der Waals surface area contributed by atoms with Gasteiger partial charge in [-0.3, -0.25) is 0 Å². The minimum atomic E-state index is -0.943. The maximum atomic E-state index is 14.2. The number of hydrogen-bond acceptors (Lipinski definition) is 5. The Morgan fingerprint density at radius 2 is 1.62 bits per heavy atom. The highest BCUT2D eigenvalue weighted by atomic mass is 16.5. The number of quaternary nitrogens is 1. The first-order chi connectivity index (χ1) is 17.5. The van der Waals surface area contributed by atoms with E-state index in [2.05, 4.69) is 6.92 Å². The molecule has 1 N–H and O–H groups in total. The maximum absolute atomic E-state index is 14.2. The van der Waals surface area contributed by atoms with E-state index in [0.29, 0.717) is 43.1 Å². The molecule has 0 saturated carbocycles. The summed E-state index contributed by atoms with van der Waals surface area (Å²) in [6.07, 6.45) is 2.45. The van der Waals surface area contributed by atoms with Gasteiger partial charge >= 0.3 is 11.9 Å². The molecule has 3 rings (SSSR count). The Morgan fingerprint density at radius 3 is 2.08 bits per heavy atom. The van der Waals surface area contributed by atoms with Crippen molar-refractivity contribution in [3.8, 4) is 17.2 Å². The van der Waals surface area contributed by atoms with Gasteiger partial charge in [0.05, 0.1) is 34.3 Å². The van der Waals surface area contributed by atoms with Crippen LogP contribution in [-0.4, -0.2) is 50.9 Å². The number of carbonyl (C=O) groups is 2. The monoisotopic (exact) mass is 512 g/mol. The fraction of sp³-hybridized carbons (Fsp3) is 0.533. The number of methoxy groups -OCH3 is 3. The molecule has 0 radical (unpaired) electrons. The number of carboxylic acids is 1. The Hall–Kier alpha value is -3.06. The van der Waals surface area contributed by atoms with Crippen molar-refractivity contribution in [3.63, 3.8) is 0 Å². The topological polar surface area (TPSA) is 82.1 Å². The summed E-state index contributed by atoms with van der Waals surface area (Å²) in [5.74, 6) is 0.173. The van der Waals surface area contributed by atoms with Crippen LogP contribution in [0.25, 0.3) is 0 Å². The van der Waals surface area contributed by atoms with Crippen LogP contribution in [0, 0.1) is 11.3 Å². The van der Waals surface area contributed by atoms with Crippen LogP contribution in [-0.2, 0) is 9.59 Å². The normalized spacial score (nSPS) is 22.7. The van der Waals surface area contributed by atoms with Crippen molar-refractivity contribution in [1.82, 2.24) is 4.48 Å². The lowest BCUT2D eigenvalue weighted by Gasteiger charge is -2.49. The highest BCUT2D eigenvalue weighted by molar-refractivity contribution is 5.95. The number of para-hydroxylation sites is 1. The Bertz CT molecular complexity index is 1070. The zero-order chi connectivity index (χ0) is 27.4. The van der Waals surface area contributed by atoms with Crippen molar-refractivity contribution in [2.45, 2.75) is 65.3 Å². The molecule has 0 aliphatic carbocycles. The zero-order valence-electron chi connectivity index (χ0n) is 23.2. The summed E-state index contributed by atoms with van der Waals surface area (Å²) < 4.78 is 16.5. The standard InChI is InChI=1S/C30H41NO6/c1-8-22(20-17-24(35-5)28(37-7)25(18-20)36-6)23-15-12-16-31(27(23)29(33)34,21-13-10-9-11-14-21)26(32)19-30(2,3)4/h9-11,13-14,17-18,22-23,27H,8,12,15-16,19H2,1-7H3/p+1. The van der Waals surface area contributed by atoms with E-state index in [-0.39, 0.29) is 27.6 Å². The van der Waals surface area contributed by atoms with Crippen molar-refractivity contribution in [2.24, 2.45) is 11.3 Å². The quantitative estimate of drug-likeness (QED) is 0.413. The third-order valence-corrected chi connectivity index (χ3v) is 7.60. The molecule has 1 saturated heterocycles. The predicted octanol–water partition coefficient (Wildman–Crippen LogP) is 6.04. The fourth-order valence-corrected chi connectivity index (χ4v) is 6.10. The summed E-state index contributed by atoms with van der Waals surface area (Å²) >= 11 is 0. The van der Waals surface area contributed by atoms with E-state index >= 15 is 0 Å². The molecule has 1 aliphatic rings. The largest absolute Gasteiger partial charge is 0.493 e. The second-order valence-corrected chi connectivity index (χ2v) is 11.1. The predicted molar refractivity (Wildman–Crippen MR) is 145 cm³/mol. The highest BCUT2D eigenvalue weighted by Crippen LogP contribution is 2.48. The van der Waals surface area contributed by atoms with Crippen molar-refractivity contribution in [3.05, 3.63) is 48.0 Å². The van der Waals surface area contributed by atoms with Gasteiger partial charge in [-0.25, -0.2) is 14.1 Å². The molecule has 4 atom stereocenters. The van der Waals surface area contributed by atoms with Gasteiger partial charge in [0.1, 0.15) is 5.69 Å².